The molecule has 0 atom stereocenters. The number of halogens is 1. The summed E-state index contributed by atoms with van der Waals surface area (Å²) >= 11 is 3.66. The molecular formula is C19H30BrN3O2. The van der Waals surface area contributed by atoms with Gasteiger partial charge in [-0.3, -0.25) is 4.68 Å². The van der Waals surface area contributed by atoms with Crippen LogP contribution >= 0.6 is 15.9 Å². The van der Waals surface area contributed by atoms with Crippen molar-refractivity contribution in [2.24, 2.45) is 0 Å². The third-order valence-corrected chi connectivity index (χ3v) is 6.27. The molecule has 6 heteroatoms. The Kier molecular flexibility index (Phi) is 5.47. The molecule has 1 aromatic heterocycles. The van der Waals surface area contributed by atoms with Gasteiger partial charge < -0.3 is 9.64 Å². The van der Waals surface area contributed by atoms with E-state index in [1.165, 1.54) is 31.2 Å². The predicted octanol–water partition coefficient (Wildman–Crippen LogP) is 4.88. The molecule has 2 aliphatic rings. The molecule has 1 amide bonds. The summed E-state index contributed by atoms with van der Waals surface area (Å²) in [4.78, 5) is 14.2. The molecule has 0 saturated heterocycles. The SMILES string of the molecule is COC(=O)N(C1CCC(n2nc(Br)c3c2CCCC3)CC1)C(C)(C)C. The molecule has 0 bridgehead atoms. The number of carbonyl (C=O) groups is 1. The standard InChI is InChI=1S/C19H30BrN3O2/c1-19(2,3)22(18(24)25-4)13-9-11-14(12-10-13)23-16-8-6-5-7-15(16)17(20)21-23/h13-14H,5-12H2,1-4H3. The van der Waals surface area contributed by atoms with Crippen molar-refractivity contribution in [1.82, 2.24) is 14.7 Å². The second-order valence-corrected chi connectivity index (χ2v) is 9.09. The molecule has 5 nitrogen and oxygen atoms in total. The van der Waals surface area contributed by atoms with Gasteiger partial charge in [0.05, 0.1) is 13.2 Å². The normalized spacial score (nSPS) is 23.9. The molecule has 0 spiro atoms. The molecule has 1 fully saturated rings. The number of nitrogens with zero attached hydrogens (tertiary/aromatic N) is 3. The Bertz CT molecular complexity index is 627. The lowest BCUT2D eigenvalue weighted by Crippen LogP contribution is -2.52. The van der Waals surface area contributed by atoms with Crippen molar-refractivity contribution < 1.29 is 9.53 Å². The van der Waals surface area contributed by atoms with Crippen LogP contribution in [0.15, 0.2) is 4.60 Å². The summed E-state index contributed by atoms with van der Waals surface area (Å²) in [5, 5.41) is 4.81. The molecule has 1 saturated carbocycles. The van der Waals surface area contributed by atoms with E-state index in [9.17, 15) is 4.79 Å². The number of methoxy groups -OCH3 is 1. The molecule has 0 aromatic carbocycles. The maximum Gasteiger partial charge on any atom is 0.410 e. The number of fused-ring (bicyclic) bond motifs is 1. The molecule has 1 aromatic rings. The van der Waals surface area contributed by atoms with Crippen LogP contribution in [0, 0.1) is 0 Å². The average molecular weight is 412 g/mol. The summed E-state index contributed by atoms with van der Waals surface area (Å²) in [6.45, 7) is 6.24. The van der Waals surface area contributed by atoms with Crippen molar-refractivity contribution in [2.45, 2.75) is 89.8 Å². The molecule has 2 aliphatic carbocycles. The number of hydrogen-bond donors (Lipinski definition) is 0. The molecule has 3 rings (SSSR count). The summed E-state index contributed by atoms with van der Waals surface area (Å²) in [6.07, 6.45) is 8.74. The van der Waals surface area contributed by atoms with Gasteiger partial charge in [-0.2, -0.15) is 5.10 Å². The fraction of sp³-hybridized carbons (Fsp3) is 0.789. The van der Waals surface area contributed by atoms with Crippen molar-refractivity contribution in [3.63, 3.8) is 0 Å². The van der Waals surface area contributed by atoms with Crippen LogP contribution in [-0.4, -0.2) is 39.5 Å². The fourth-order valence-electron chi connectivity index (χ4n) is 4.51. The quantitative estimate of drug-likeness (QED) is 0.696. The largest absolute Gasteiger partial charge is 0.453 e. The number of ether oxygens (including phenoxy) is 1. The minimum atomic E-state index is -0.224. The highest BCUT2D eigenvalue weighted by molar-refractivity contribution is 9.10. The lowest BCUT2D eigenvalue weighted by atomic mass is 9.87. The van der Waals surface area contributed by atoms with Crippen LogP contribution in [0.2, 0.25) is 0 Å². The van der Waals surface area contributed by atoms with E-state index in [2.05, 4.69) is 41.4 Å². The Balaban J connectivity index is 1.73. The van der Waals surface area contributed by atoms with Gasteiger partial charge in [0.1, 0.15) is 4.60 Å². The van der Waals surface area contributed by atoms with E-state index < -0.39 is 0 Å². The van der Waals surface area contributed by atoms with Gasteiger partial charge in [-0.25, -0.2) is 4.79 Å². The predicted molar refractivity (Wildman–Crippen MR) is 102 cm³/mol. The third-order valence-electron chi connectivity index (χ3n) is 5.63. The van der Waals surface area contributed by atoms with Gasteiger partial charge in [0.25, 0.3) is 0 Å². The molecule has 1 heterocycles. The van der Waals surface area contributed by atoms with Crippen LogP contribution in [-0.2, 0) is 17.6 Å². The maximum atomic E-state index is 12.3. The van der Waals surface area contributed by atoms with E-state index in [4.69, 9.17) is 9.84 Å². The van der Waals surface area contributed by atoms with Crippen LogP contribution in [0.25, 0.3) is 0 Å². The van der Waals surface area contributed by atoms with Gasteiger partial charge in [0, 0.05) is 22.8 Å². The Morgan fingerprint density at radius 2 is 1.84 bits per heavy atom. The van der Waals surface area contributed by atoms with E-state index in [1.807, 2.05) is 4.90 Å². The number of rotatable bonds is 2. The third kappa shape index (κ3) is 3.74. The minimum Gasteiger partial charge on any atom is -0.453 e. The van der Waals surface area contributed by atoms with Gasteiger partial charge in [-0.05, 0) is 88.1 Å². The monoisotopic (exact) mass is 411 g/mol. The van der Waals surface area contributed by atoms with Gasteiger partial charge in [-0.15, -0.1) is 0 Å². The lowest BCUT2D eigenvalue weighted by molar-refractivity contribution is 0.0393. The molecule has 0 unspecified atom stereocenters. The summed E-state index contributed by atoms with van der Waals surface area (Å²) in [7, 11) is 1.47. The van der Waals surface area contributed by atoms with Crippen molar-refractivity contribution in [3.05, 3.63) is 15.9 Å². The first-order chi connectivity index (χ1) is 11.8. The van der Waals surface area contributed by atoms with Crippen LogP contribution in [0.5, 0.6) is 0 Å². The molecule has 25 heavy (non-hydrogen) atoms. The van der Waals surface area contributed by atoms with Crippen LogP contribution in [0.4, 0.5) is 4.79 Å². The highest BCUT2D eigenvalue weighted by Gasteiger charge is 2.37. The van der Waals surface area contributed by atoms with E-state index in [-0.39, 0.29) is 17.7 Å². The van der Waals surface area contributed by atoms with Crippen molar-refractivity contribution in [1.29, 1.82) is 0 Å². The molecule has 0 aliphatic heterocycles. The van der Waals surface area contributed by atoms with Crippen LogP contribution in [0.1, 0.15) is 76.6 Å². The topological polar surface area (TPSA) is 47.4 Å². The summed E-state index contributed by atoms with van der Waals surface area (Å²) in [5.74, 6) is 0. The molecular weight excluding hydrogens is 382 g/mol. The van der Waals surface area contributed by atoms with Crippen LogP contribution < -0.4 is 0 Å². The van der Waals surface area contributed by atoms with E-state index in [1.54, 1.807) is 0 Å². The lowest BCUT2D eigenvalue weighted by Gasteiger charge is -2.43. The van der Waals surface area contributed by atoms with Crippen molar-refractivity contribution in [2.75, 3.05) is 7.11 Å². The zero-order valence-corrected chi connectivity index (χ0v) is 17.4. The summed E-state index contributed by atoms with van der Waals surface area (Å²) in [5.41, 5.74) is 2.62. The van der Waals surface area contributed by atoms with E-state index >= 15 is 0 Å². The Labute approximate surface area is 159 Å². The Hall–Kier alpha value is -1.04. The second-order valence-electron chi connectivity index (χ2n) is 8.34. The first-order valence-electron chi connectivity index (χ1n) is 9.46. The Morgan fingerprint density at radius 3 is 2.44 bits per heavy atom. The first-order valence-corrected chi connectivity index (χ1v) is 10.2. The highest BCUT2D eigenvalue weighted by atomic mass is 79.9. The van der Waals surface area contributed by atoms with Crippen molar-refractivity contribution >= 4 is 22.0 Å². The summed E-state index contributed by atoms with van der Waals surface area (Å²) in [6, 6.07) is 0.701. The first kappa shape index (κ1) is 18.7. The van der Waals surface area contributed by atoms with Crippen molar-refractivity contribution in [3.8, 4) is 0 Å². The molecule has 0 N–H and O–H groups in total. The minimum absolute atomic E-state index is 0.213. The zero-order valence-electron chi connectivity index (χ0n) is 15.8. The van der Waals surface area contributed by atoms with E-state index in [0.29, 0.717) is 6.04 Å². The van der Waals surface area contributed by atoms with Gasteiger partial charge in [0.2, 0.25) is 0 Å². The maximum absolute atomic E-state index is 12.3. The summed E-state index contributed by atoms with van der Waals surface area (Å²) < 4.78 is 8.37. The number of amides is 1. The zero-order chi connectivity index (χ0) is 18.2. The van der Waals surface area contributed by atoms with Gasteiger partial charge >= 0.3 is 6.09 Å². The molecule has 0 radical (unpaired) electrons. The van der Waals surface area contributed by atoms with E-state index in [0.717, 1.165) is 43.1 Å². The Morgan fingerprint density at radius 1 is 1.20 bits per heavy atom. The number of carbonyl (C=O) groups excluding carboxylic acids is 1. The average Bonchev–Trinajstić information content (AvgIpc) is 2.92. The van der Waals surface area contributed by atoms with Gasteiger partial charge in [-0.1, -0.05) is 0 Å². The number of aromatic nitrogens is 2. The molecule has 140 valence electrons. The van der Waals surface area contributed by atoms with Gasteiger partial charge in [0.15, 0.2) is 0 Å². The fourth-order valence-corrected chi connectivity index (χ4v) is 5.11. The van der Waals surface area contributed by atoms with Crippen LogP contribution in [0.3, 0.4) is 0 Å². The smallest absolute Gasteiger partial charge is 0.410 e. The second kappa shape index (κ2) is 7.29. The highest BCUT2D eigenvalue weighted by Crippen LogP contribution is 2.37. The number of hydrogen-bond acceptors (Lipinski definition) is 3.